The van der Waals surface area contributed by atoms with E-state index in [4.69, 9.17) is 4.74 Å². The van der Waals surface area contributed by atoms with Crippen LogP contribution in [0.2, 0.25) is 0 Å². The SMILES string of the molecule is COCC12CCC(C)CC1CCC1C3CCC(C(=O)Cn4ncc5nccnc54)C3(C)CCC12. The van der Waals surface area contributed by atoms with Crippen molar-refractivity contribution in [2.45, 2.75) is 78.2 Å². The molecule has 4 aliphatic rings. The van der Waals surface area contributed by atoms with Crippen molar-refractivity contribution in [2.75, 3.05) is 13.7 Å². The molecule has 0 bridgehead atoms. The van der Waals surface area contributed by atoms with Gasteiger partial charge in [0.25, 0.3) is 0 Å². The monoisotopic (exact) mass is 464 g/mol. The molecule has 0 aromatic carbocycles. The van der Waals surface area contributed by atoms with Crippen molar-refractivity contribution in [3.63, 3.8) is 0 Å². The summed E-state index contributed by atoms with van der Waals surface area (Å²) in [5, 5.41) is 4.44. The Kier molecular flexibility index (Phi) is 5.58. The Labute approximate surface area is 203 Å². The van der Waals surface area contributed by atoms with Crippen LogP contribution in [0.5, 0.6) is 0 Å². The number of ketones is 1. The van der Waals surface area contributed by atoms with Gasteiger partial charge in [-0.15, -0.1) is 0 Å². The summed E-state index contributed by atoms with van der Waals surface area (Å²) in [6, 6.07) is 0. The molecule has 4 saturated carbocycles. The highest BCUT2D eigenvalue weighted by atomic mass is 16.5. The minimum absolute atomic E-state index is 0.121. The number of hydrogen-bond donors (Lipinski definition) is 0. The molecule has 2 heterocycles. The highest BCUT2D eigenvalue weighted by Crippen LogP contribution is 2.68. The first-order valence-electron chi connectivity index (χ1n) is 13.6. The van der Waals surface area contributed by atoms with Crippen LogP contribution in [0.3, 0.4) is 0 Å². The molecular formula is C28H40N4O2. The van der Waals surface area contributed by atoms with Gasteiger partial charge < -0.3 is 4.74 Å². The second kappa shape index (κ2) is 8.39. The fourth-order valence-corrected chi connectivity index (χ4v) is 9.53. The van der Waals surface area contributed by atoms with E-state index in [0.29, 0.717) is 29.3 Å². The van der Waals surface area contributed by atoms with Gasteiger partial charge in [-0.25, -0.2) is 14.6 Å². The van der Waals surface area contributed by atoms with Crippen LogP contribution in [0.25, 0.3) is 11.2 Å². The Morgan fingerprint density at radius 3 is 2.79 bits per heavy atom. The van der Waals surface area contributed by atoms with E-state index in [9.17, 15) is 4.79 Å². The maximum atomic E-state index is 13.7. The number of carbonyl (C=O) groups excluding carboxylic acids is 1. The van der Waals surface area contributed by atoms with E-state index >= 15 is 0 Å². The molecular weight excluding hydrogens is 424 g/mol. The number of hydrogen-bond acceptors (Lipinski definition) is 5. The molecule has 2 aromatic heterocycles. The van der Waals surface area contributed by atoms with E-state index in [1.54, 1.807) is 23.3 Å². The van der Waals surface area contributed by atoms with E-state index in [2.05, 4.69) is 28.9 Å². The molecule has 4 aliphatic carbocycles. The Balaban J connectivity index is 1.24. The van der Waals surface area contributed by atoms with Crippen LogP contribution in [-0.4, -0.2) is 39.2 Å². The third-order valence-electron chi connectivity index (χ3n) is 11.0. The van der Waals surface area contributed by atoms with Crippen LogP contribution in [0.15, 0.2) is 18.6 Å². The number of nitrogens with zero attached hydrogens (tertiary/aromatic N) is 4. The second-order valence-corrected chi connectivity index (χ2v) is 12.4. The number of fused-ring (bicyclic) bond motifs is 6. The zero-order valence-corrected chi connectivity index (χ0v) is 21.1. The number of rotatable bonds is 5. The summed E-state index contributed by atoms with van der Waals surface area (Å²) < 4.78 is 7.70. The van der Waals surface area contributed by atoms with Crippen molar-refractivity contribution in [3.8, 4) is 0 Å². The van der Waals surface area contributed by atoms with E-state index in [0.717, 1.165) is 42.2 Å². The lowest BCUT2D eigenvalue weighted by Gasteiger charge is -2.61. The lowest BCUT2D eigenvalue weighted by atomic mass is 9.44. The highest BCUT2D eigenvalue weighted by Gasteiger charge is 2.62. The summed E-state index contributed by atoms with van der Waals surface area (Å²) >= 11 is 0. The van der Waals surface area contributed by atoms with Gasteiger partial charge in [-0.05, 0) is 91.8 Å². The average Bonchev–Trinajstić information content (AvgIpc) is 3.40. The summed E-state index contributed by atoms with van der Waals surface area (Å²) in [6.45, 7) is 6.15. The van der Waals surface area contributed by atoms with Crippen LogP contribution < -0.4 is 0 Å². The van der Waals surface area contributed by atoms with E-state index in [1.165, 1.54) is 51.4 Å². The van der Waals surface area contributed by atoms with Crippen LogP contribution in [0, 0.1) is 46.3 Å². The second-order valence-electron chi connectivity index (χ2n) is 12.4. The first-order valence-corrected chi connectivity index (χ1v) is 13.6. The third kappa shape index (κ3) is 3.30. The minimum Gasteiger partial charge on any atom is -0.384 e. The van der Waals surface area contributed by atoms with E-state index in [-0.39, 0.29) is 11.3 Å². The first kappa shape index (κ1) is 22.6. The first-order chi connectivity index (χ1) is 16.5. The minimum atomic E-state index is 0.121. The van der Waals surface area contributed by atoms with Gasteiger partial charge in [-0.2, -0.15) is 5.10 Å². The molecule has 184 valence electrons. The zero-order chi connectivity index (χ0) is 23.5. The quantitative estimate of drug-likeness (QED) is 0.599. The van der Waals surface area contributed by atoms with E-state index in [1.807, 2.05) is 7.11 Å². The molecule has 0 spiro atoms. The molecule has 8 atom stereocenters. The Hall–Kier alpha value is -1.82. The normalized spacial score (nSPS) is 41.6. The lowest BCUT2D eigenvalue weighted by Crippen LogP contribution is -2.56. The predicted molar refractivity (Wildman–Crippen MR) is 131 cm³/mol. The fourth-order valence-electron chi connectivity index (χ4n) is 9.53. The Morgan fingerprint density at radius 1 is 1.09 bits per heavy atom. The summed E-state index contributed by atoms with van der Waals surface area (Å²) in [7, 11) is 1.91. The Morgan fingerprint density at radius 2 is 1.94 bits per heavy atom. The van der Waals surface area contributed by atoms with Gasteiger partial charge in [0, 0.05) is 25.4 Å². The molecule has 0 saturated heterocycles. The fraction of sp³-hybridized carbons (Fsp3) is 0.786. The molecule has 2 aromatic rings. The van der Waals surface area contributed by atoms with Crippen molar-refractivity contribution >= 4 is 16.9 Å². The zero-order valence-electron chi connectivity index (χ0n) is 21.1. The van der Waals surface area contributed by atoms with E-state index < -0.39 is 0 Å². The van der Waals surface area contributed by atoms with Crippen molar-refractivity contribution in [1.82, 2.24) is 19.7 Å². The summed E-state index contributed by atoms with van der Waals surface area (Å²) in [5.74, 6) is 4.36. The molecule has 6 rings (SSSR count). The number of Topliss-reactive ketones (excluding diaryl/α,β-unsaturated/α-hetero) is 1. The van der Waals surface area contributed by atoms with Crippen molar-refractivity contribution < 1.29 is 9.53 Å². The summed E-state index contributed by atoms with van der Waals surface area (Å²) in [5.41, 5.74) is 1.97. The standard InChI is InChI=1S/C28H40N4O2/c1-18-8-11-28(17-34-3)19(14-18)4-5-20-21-6-7-23(27(21,2)10-9-22(20)28)25(33)16-32-26-24(15-31-32)29-12-13-30-26/h12-13,15,18-23H,4-11,14,16-17H2,1-3H3. The van der Waals surface area contributed by atoms with Crippen LogP contribution in [0.1, 0.15) is 71.6 Å². The summed E-state index contributed by atoms with van der Waals surface area (Å²) in [4.78, 5) is 22.4. The van der Waals surface area contributed by atoms with Crippen LogP contribution in [-0.2, 0) is 16.1 Å². The molecule has 8 unspecified atom stereocenters. The third-order valence-corrected chi connectivity index (χ3v) is 11.0. The molecule has 0 N–H and O–H groups in total. The topological polar surface area (TPSA) is 69.9 Å². The predicted octanol–water partition coefficient (Wildman–Crippen LogP) is 5.32. The molecule has 6 heteroatoms. The molecule has 34 heavy (non-hydrogen) atoms. The van der Waals surface area contributed by atoms with Gasteiger partial charge in [0.15, 0.2) is 11.4 Å². The maximum absolute atomic E-state index is 13.7. The van der Waals surface area contributed by atoms with Crippen molar-refractivity contribution in [2.24, 2.45) is 46.3 Å². The van der Waals surface area contributed by atoms with Gasteiger partial charge in [0.2, 0.25) is 0 Å². The number of carbonyl (C=O) groups is 1. The molecule has 0 amide bonds. The Bertz CT molecular complexity index is 1070. The summed E-state index contributed by atoms with van der Waals surface area (Å²) in [6.07, 6.45) is 16.6. The largest absolute Gasteiger partial charge is 0.384 e. The van der Waals surface area contributed by atoms with Crippen LogP contribution >= 0.6 is 0 Å². The highest BCUT2D eigenvalue weighted by molar-refractivity contribution is 5.83. The van der Waals surface area contributed by atoms with Gasteiger partial charge >= 0.3 is 0 Å². The van der Waals surface area contributed by atoms with Crippen molar-refractivity contribution in [3.05, 3.63) is 18.6 Å². The molecule has 6 nitrogen and oxygen atoms in total. The number of methoxy groups -OCH3 is 1. The average molecular weight is 465 g/mol. The number of ether oxygens (including phenoxy) is 1. The molecule has 0 aliphatic heterocycles. The smallest absolute Gasteiger partial charge is 0.177 e. The van der Waals surface area contributed by atoms with Gasteiger partial charge in [0.05, 0.1) is 12.8 Å². The van der Waals surface area contributed by atoms with Crippen molar-refractivity contribution in [1.29, 1.82) is 0 Å². The number of aromatic nitrogens is 4. The van der Waals surface area contributed by atoms with Gasteiger partial charge in [-0.1, -0.05) is 20.3 Å². The maximum Gasteiger partial charge on any atom is 0.177 e. The molecule has 0 radical (unpaired) electrons. The molecule has 4 fully saturated rings. The van der Waals surface area contributed by atoms with Gasteiger partial charge in [0.1, 0.15) is 12.1 Å². The van der Waals surface area contributed by atoms with Crippen LogP contribution in [0.4, 0.5) is 0 Å². The lowest BCUT2D eigenvalue weighted by molar-refractivity contribution is -0.154. The van der Waals surface area contributed by atoms with Gasteiger partial charge in [-0.3, -0.25) is 4.79 Å².